The second-order valence-electron chi connectivity index (χ2n) is 1.34. The summed E-state index contributed by atoms with van der Waals surface area (Å²) in [5, 5.41) is 88.5. The van der Waals surface area contributed by atoms with Gasteiger partial charge in [-0.3, -0.25) is 0 Å². The molecule has 31 heteroatoms. The van der Waals surface area contributed by atoms with E-state index in [0.29, 0.717) is 0 Å². The predicted molar refractivity (Wildman–Crippen MR) is 83.9 cm³/mol. The summed E-state index contributed by atoms with van der Waals surface area (Å²) < 4.78 is 0. The maximum Gasteiger partial charge on any atom is 0.0689 e. The molecule has 0 saturated carbocycles. The molecule has 0 aliphatic carbocycles. The Labute approximate surface area is 185 Å². The Hall–Kier alpha value is -4.05. The van der Waals surface area contributed by atoms with Crippen LogP contribution in [0.3, 0.4) is 0 Å². The summed E-state index contributed by atoms with van der Waals surface area (Å²) in [5.41, 5.74) is 0. The van der Waals surface area contributed by atoms with E-state index in [-0.39, 0.29) is 62.0 Å². The normalized spacial score (nSPS) is 4.65. The van der Waals surface area contributed by atoms with Crippen molar-refractivity contribution in [3.63, 3.8) is 0 Å². The van der Waals surface area contributed by atoms with E-state index in [0.717, 1.165) is 0 Å². The zero-order chi connectivity index (χ0) is 21.5. The van der Waals surface area contributed by atoms with Crippen molar-refractivity contribution in [2.75, 3.05) is 0 Å². The first-order chi connectivity index (χ1) is 10.4. The van der Waals surface area contributed by atoms with Crippen LogP contribution in [-0.2, 0) is 0 Å². The summed E-state index contributed by atoms with van der Waals surface area (Å²) in [4.78, 5) is 49.5. The van der Waals surface area contributed by atoms with Crippen LogP contribution in [0.4, 0.5) is 0 Å². The first-order valence-electron chi connectivity index (χ1n) is 3.29. The molecule has 0 rings (SSSR count). The topological polar surface area (TPSA) is 586 Å². The molecule has 0 aromatic carbocycles. The molecule has 0 bridgehead atoms. The average Bonchev–Trinajstić information content (AvgIpc) is 2.08. The second-order valence-corrected chi connectivity index (χ2v) is 1.34. The van der Waals surface area contributed by atoms with E-state index in [9.17, 15) is 0 Å². The van der Waals surface area contributed by atoms with Gasteiger partial charge in [-0.1, -0.05) is 0 Å². The van der Waals surface area contributed by atoms with Gasteiger partial charge in [-0.15, -0.1) is 0 Å². The molecular formula is H12N6O24Pu-6. The molecule has 12 N–H and O–H groups in total. The smallest absolute Gasteiger partial charge is 0.0689 e. The number of hydrogen-bond acceptors (Lipinski definition) is 18. The van der Waals surface area contributed by atoms with Crippen LogP contribution < -0.4 is 0 Å². The van der Waals surface area contributed by atoms with Gasteiger partial charge >= 0.3 is 0 Å². The van der Waals surface area contributed by atoms with Gasteiger partial charge in [0.15, 0.2) is 0 Å². The molecule has 31 heavy (non-hydrogen) atoms. The van der Waals surface area contributed by atoms with Crippen molar-refractivity contribution in [2.45, 2.75) is 0 Å². The first-order valence-corrected chi connectivity index (χ1v) is 3.29. The van der Waals surface area contributed by atoms with Gasteiger partial charge in [-0.25, -0.2) is 0 Å². The minimum atomic E-state index is -1.75. The summed E-state index contributed by atoms with van der Waals surface area (Å²) in [6.07, 6.45) is 0. The summed E-state index contributed by atoms with van der Waals surface area (Å²) >= 11 is 0. The fourth-order valence-corrected chi connectivity index (χ4v) is 0. The van der Waals surface area contributed by atoms with E-state index < -0.39 is 30.5 Å². The van der Waals surface area contributed by atoms with Crippen LogP contribution in [0.5, 0.6) is 0 Å². The van der Waals surface area contributed by atoms with Gasteiger partial charge in [0.2, 0.25) is 0 Å². The molecular weight excluding hydrogens is 712 g/mol. The van der Waals surface area contributed by atoms with Crippen LogP contribution in [0.25, 0.3) is 0 Å². The van der Waals surface area contributed by atoms with Crippen molar-refractivity contribution in [3.05, 3.63) is 91.9 Å². The average molecular weight is 724 g/mol. The van der Waals surface area contributed by atoms with Crippen molar-refractivity contribution >= 4 is 0 Å². The monoisotopic (exact) mass is 718 g/mol. The SMILES string of the molecule is O.O.O.O.O.O.O=[N+]([O-])[O-].O=[N+]([O-])[O-].O=[N+]([O-])[O-].O=[N+]([O-])[O-].O=[N+]([O-])[O-].O=[N+]([O-])[O-].[Pu]. The van der Waals surface area contributed by atoms with E-state index in [1.807, 2.05) is 0 Å². The van der Waals surface area contributed by atoms with E-state index in [4.69, 9.17) is 91.9 Å². The van der Waals surface area contributed by atoms with Gasteiger partial charge in [0.05, 0.1) is 30.5 Å². The molecule has 30 nitrogen and oxygen atoms in total. The number of nitrogens with zero attached hydrogens (tertiary/aromatic N) is 6. The quantitative estimate of drug-likeness (QED) is 0.165. The van der Waals surface area contributed by atoms with Gasteiger partial charge in [0.25, 0.3) is 0 Å². The Kier molecular flexibility index (Phi) is 250. The van der Waals surface area contributed by atoms with Gasteiger partial charge in [-0.2, -0.15) is 0 Å². The summed E-state index contributed by atoms with van der Waals surface area (Å²) in [7, 11) is 0. The molecule has 0 fully saturated rings. The third-order valence-electron chi connectivity index (χ3n) is 0. The molecule has 0 aliphatic rings. The summed E-state index contributed by atoms with van der Waals surface area (Å²) in [6, 6.07) is 0. The van der Waals surface area contributed by atoms with Gasteiger partial charge < -0.3 is 125 Å². The van der Waals surface area contributed by atoms with Crippen LogP contribution in [0, 0.1) is 121 Å². The zero-order valence-corrected chi connectivity index (χ0v) is 16.8. The van der Waals surface area contributed by atoms with Crippen LogP contribution in [0.15, 0.2) is 0 Å². The van der Waals surface area contributed by atoms with E-state index in [1.54, 1.807) is 0 Å². The van der Waals surface area contributed by atoms with E-state index in [1.165, 1.54) is 0 Å². The zero-order valence-electron chi connectivity index (χ0n) is 13.4. The van der Waals surface area contributed by atoms with Crippen LogP contribution in [0.1, 0.15) is 0 Å². The molecule has 0 aromatic rings. The second kappa shape index (κ2) is 83.0. The Morgan fingerprint density at radius 3 is 0.258 bits per heavy atom. The Balaban J connectivity index is -0.0000000109. The Morgan fingerprint density at radius 2 is 0.258 bits per heavy atom. The van der Waals surface area contributed by atoms with Crippen molar-refractivity contribution in [1.29, 1.82) is 0 Å². The summed E-state index contributed by atoms with van der Waals surface area (Å²) in [6.45, 7) is 0. The fourth-order valence-electron chi connectivity index (χ4n) is 0. The van der Waals surface area contributed by atoms with Crippen LogP contribution in [0.2, 0.25) is 0 Å². The minimum absolute atomic E-state index is 0. The maximum atomic E-state index is 8.25. The van der Waals surface area contributed by atoms with Gasteiger partial charge in [0.1, 0.15) is 0 Å². The van der Waals surface area contributed by atoms with E-state index >= 15 is 0 Å². The van der Waals surface area contributed by atoms with Crippen LogP contribution in [-0.4, -0.2) is 63.4 Å². The third kappa shape index (κ3) is 906. The summed E-state index contributed by atoms with van der Waals surface area (Å²) in [5.74, 6) is 0. The first kappa shape index (κ1) is 93.3. The van der Waals surface area contributed by atoms with Crippen molar-refractivity contribution in [3.8, 4) is 0 Å². The predicted octanol–water partition coefficient (Wildman–Crippen LogP) is -6.38. The largest absolute Gasteiger partial charge is 0.412 e. The molecule has 0 atom stereocenters. The Morgan fingerprint density at radius 1 is 0.258 bits per heavy atom. The maximum absolute atomic E-state index is 8.25. The van der Waals surface area contributed by atoms with Crippen molar-refractivity contribution in [1.82, 2.24) is 0 Å². The standard InChI is InChI=1S/6NO3.6H2O.Pu/c6*2-1(3)4;;;;;;;/h;;;;;;6*1H2;/q6*-1;;;;;;;. The molecule has 0 spiro atoms. The molecule has 0 amide bonds. The Bertz CT molecular complexity index is 259. The number of hydrogen-bond donors (Lipinski definition) is 0. The molecule has 198 valence electrons. The molecule has 0 aliphatic heterocycles. The van der Waals surface area contributed by atoms with Crippen molar-refractivity contribution < 1.29 is 92.6 Å². The minimum Gasteiger partial charge on any atom is -0.412 e. The van der Waals surface area contributed by atoms with Crippen LogP contribution >= 0.6 is 0 Å². The number of rotatable bonds is 0. The molecule has 0 saturated heterocycles. The molecule has 0 aromatic heterocycles. The molecule has 0 unspecified atom stereocenters. The van der Waals surface area contributed by atoms with Gasteiger partial charge in [0, 0.05) is 29.2 Å². The molecule has 0 heterocycles. The molecule has 0 radical (unpaired) electrons. The fraction of sp³-hybridized carbons (Fsp3) is 0. The third-order valence-corrected chi connectivity index (χ3v) is 0. The van der Waals surface area contributed by atoms with Gasteiger partial charge in [-0.05, 0) is 0 Å². The van der Waals surface area contributed by atoms with Crippen molar-refractivity contribution in [2.24, 2.45) is 0 Å². The van der Waals surface area contributed by atoms with E-state index in [2.05, 4.69) is 0 Å².